The van der Waals surface area contributed by atoms with Gasteiger partial charge < -0.3 is 10.4 Å². The molecule has 4 heteroatoms. The minimum Gasteiger partial charge on any atom is -0.481 e. The molecule has 0 fully saturated rings. The highest BCUT2D eigenvalue weighted by atomic mass is 16.4. The van der Waals surface area contributed by atoms with Crippen molar-refractivity contribution in [1.82, 2.24) is 5.32 Å². The van der Waals surface area contributed by atoms with E-state index in [0.717, 1.165) is 0 Å². The number of carboxylic acids is 1. The molecule has 0 unspecified atom stereocenters. The van der Waals surface area contributed by atoms with Gasteiger partial charge in [-0.2, -0.15) is 0 Å². The molecule has 1 aromatic rings. The first-order chi connectivity index (χ1) is 7.99. The van der Waals surface area contributed by atoms with Gasteiger partial charge in [-0.15, -0.1) is 0 Å². The molecule has 1 rings (SSSR count). The summed E-state index contributed by atoms with van der Waals surface area (Å²) in [6.45, 7) is 4.64. The Hall–Kier alpha value is -1.84. The van der Waals surface area contributed by atoms with Gasteiger partial charge in [0, 0.05) is 12.1 Å². The molecule has 0 radical (unpaired) electrons. The minimum absolute atomic E-state index is 0.0642. The molecule has 2 N–H and O–H groups in total. The number of carbonyl (C=O) groups excluding carboxylic acids is 1. The molecule has 17 heavy (non-hydrogen) atoms. The summed E-state index contributed by atoms with van der Waals surface area (Å²) in [6, 6.07) is 6.70. The van der Waals surface area contributed by atoms with Gasteiger partial charge in [0.15, 0.2) is 0 Å². The van der Waals surface area contributed by atoms with E-state index in [1.807, 2.05) is 13.8 Å². The molecule has 92 valence electrons. The van der Waals surface area contributed by atoms with Crippen LogP contribution in [-0.4, -0.2) is 23.5 Å². The monoisotopic (exact) mass is 235 g/mol. The van der Waals surface area contributed by atoms with E-state index >= 15 is 0 Å². The summed E-state index contributed by atoms with van der Waals surface area (Å²) in [4.78, 5) is 22.3. The van der Waals surface area contributed by atoms with Crippen molar-refractivity contribution in [2.24, 2.45) is 5.92 Å². The van der Waals surface area contributed by atoms with Gasteiger partial charge in [-0.3, -0.25) is 9.59 Å². The Bertz CT molecular complexity index is 413. The summed E-state index contributed by atoms with van der Waals surface area (Å²) in [5, 5.41) is 11.5. The second-order valence-electron chi connectivity index (χ2n) is 4.37. The van der Waals surface area contributed by atoms with Crippen molar-refractivity contribution in [1.29, 1.82) is 0 Å². The molecule has 0 aliphatic rings. The fourth-order valence-corrected chi connectivity index (χ4v) is 1.40. The quantitative estimate of drug-likeness (QED) is 0.816. The molecule has 0 atom stereocenters. The van der Waals surface area contributed by atoms with E-state index in [1.54, 1.807) is 24.3 Å². The number of aliphatic carboxylic acids is 1. The van der Waals surface area contributed by atoms with Crippen LogP contribution in [0.1, 0.15) is 29.8 Å². The van der Waals surface area contributed by atoms with E-state index < -0.39 is 5.97 Å². The van der Waals surface area contributed by atoms with Crippen LogP contribution >= 0.6 is 0 Å². The summed E-state index contributed by atoms with van der Waals surface area (Å²) in [7, 11) is 0. The zero-order valence-electron chi connectivity index (χ0n) is 10.1. The van der Waals surface area contributed by atoms with E-state index in [0.29, 0.717) is 23.6 Å². The number of amides is 1. The van der Waals surface area contributed by atoms with Crippen molar-refractivity contribution in [2.75, 3.05) is 6.54 Å². The number of carbonyl (C=O) groups is 2. The van der Waals surface area contributed by atoms with E-state index in [1.165, 1.54) is 0 Å². The zero-order chi connectivity index (χ0) is 12.8. The van der Waals surface area contributed by atoms with Crippen molar-refractivity contribution in [2.45, 2.75) is 20.3 Å². The van der Waals surface area contributed by atoms with Crippen LogP contribution in [0.15, 0.2) is 24.3 Å². The van der Waals surface area contributed by atoms with Crippen LogP contribution in [0, 0.1) is 5.92 Å². The predicted molar refractivity (Wildman–Crippen MR) is 65.0 cm³/mol. The molecule has 0 saturated heterocycles. The summed E-state index contributed by atoms with van der Waals surface area (Å²) in [5.74, 6) is -0.670. The maximum atomic E-state index is 11.7. The molecule has 0 heterocycles. The SMILES string of the molecule is CC(C)CNC(=O)c1cccc(CC(=O)O)c1. The molecule has 1 aromatic carbocycles. The van der Waals surface area contributed by atoms with Crippen LogP contribution in [0.25, 0.3) is 0 Å². The van der Waals surface area contributed by atoms with Gasteiger partial charge >= 0.3 is 5.97 Å². The minimum atomic E-state index is -0.898. The summed E-state index contributed by atoms with van der Waals surface area (Å²) in [5.41, 5.74) is 1.14. The van der Waals surface area contributed by atoms with Gasteiger partial charge in [-0.25, -0.2) is 0 Å². The van der Waals surface area contributed by atoms with Gasteiger partial charge in [0.05, 0.1) is 6.42 Å². The molecule has 4 nitrogen and oxygen atoms in total. The van der Waals surface area contributed by atoms with Gasteiger partial charge in [-0.1, -0.05) is 26.0 Å². The largest absolute Gasteiger partial charge is 0.481 e. The van der Waals surface area contributed by atoms with E-state index in [4.69, 9.17) is 5.11 Å². The fraction of sp³-hybridized carbons (Fsp3) is 0.385. The van der Waals surface area contributed by atoms with Gasteiger partial charge in [0.1, 0.15) is 0 Å². The Morgan fingerprint density at radius 2 is 2.06 bits per heavy atom. The first kappa shape index (κ1) is 13.2. The molecule has 1 amide bonds. The number of hydrogen-bond donors (Lipinski definition) is 2. The van der Waals surface area contributed by atoms with Crippen LogP contribution in [0.2, 0.25) is 0 Å². The highest BCUT2D eigenvalue weighted by Gasteiger charge is 2.07. The van der Waals surface area contributed by atoms with Crippen LogP contribution < -0.4 is 5.32 Å². The molecule has 0 bridgehead atoms. The molecule has 0 saturated carbocycles. The highest BCUT2D eigenvalue weighted by molar-refractivity contribution is 5.94. The average Bonchev–Trinajstić information content (AvgIpc) is 2.25. The summed E-state index contributed by atoms with van der Waals surface area (Å²) in [6.07, 6.45) is -0.0642. The fourth-order valence-electron chi connectivity index (χ4n) is 1.40. The van der Waals surface area contributed by atoms with Gasteiger partial charge in [-0.05, 0) is 23.6 Å². The Morgan fingerprint density at radius 3 is 2.65 bits per heavy atom. The normalized spacial score (nSPS) is 10.3. The van der Waals surface area contributed by atoms with Crippen LogP contribution in [0.4, 0.5) is 0 Å². The van der Waals surface area contributed by atoms with Crippen LogP contribution in [-0.2, 0) is 11.2 Å². The summed E-state index contributed by atoms with van der Waals surface area (Å²) >= 11 is 0. The Morgan fingerprint density at radius 1 is 1.35 bits per heavy atom. The molecular weight excluding hydrogens is 218 g/mol. The van der Waals surface area contributed by atoms with Crippen LogP contribution in [0.3, 0.4) is 0 Å². The Balaban J connectivity index is 2.70. The first-order valence-electron chi connectivity index (χ1n) is 5.58. The lowest BCUT2D eigenvalue weighted by atomic mass is 10.1. The van der Waals surface area contributed by atoms with Crippen molar-refractivity contribution in [3.8, 4) is 0 Å². The number of rotatable bonds is 5. The molecule has 0 aromatic heterocycles. The van der Waals surface area contributed by atoms with E-state index in [-0.39, 0.29) is 12.3 Å². The second kappa shape index (κ2) is 6.03. The lowest BCUT2D eigenvalue weighted by Crippen LogP contribution is -2.27. The maximum absolute atomic E-state index is 11.7. The second-order valence-corrected chi connectivity index (χ2v) is 4.37. The standard InChI is InChI=1S/C13H17NO3/c1-9(2)8-14-13(17)11-5-3-4-10(6-11)7-12(15)16/h3-6,9H,7-8H2,1-2H3,(H,14,17)(H,15,16). The number of hydrogen-bond acceptors (Lipinski definition) is 2. The Labute approximate surface area is 101 Å². The van der Waals surface area contributed by atoms with Crippen molar-refractivity contribution in [3.63, 3.8) is 0 Å². The number of nitrogens with one attached hydrogen (secondary N) is 1. The lowest BCUT2D eigenvalue weighted by Gasteiger charge is -2.08. The molecule has 0 aliphatic heterocycles. The smallest absolute Gasteiger partial charge is 0.307 e. The van der Waals surface area contributed by atoms with Crippen molar-refractivity contribution >= 4 is 11.9 Å². The molecule has 0 aliphatic carbocycles. The maximum Gasteiger partial charge on any atom is 0.307 e. The van der Waals surface area contributed by atoms with E-state index in [9.17, 15) is 9.59 Å². The molecule has 0 spiro atoms. The lowest BCUT2D eigenvalue weighted by molar-refractivity contribution is -0.136. The average molecular weight is 235 g/mol. The van der Waals surface area contributed by atoms with Gasteiger partial charge in [0.25, 0.3) is 5.91 Å². The number of carboxylic acid groups (broad SMARTS) is 1. The molecular formula is C13H17NO3. The van der Waals surface area contributed by atoms with Crippen molar-refractivity contribution in [3.05, 3.63) is 35.4 Å². The van der Waals surface area contributed by atoms with E-state index in [2.05, 4.69) is 5.32 Å². The third-order valence-corrected chi connectivity index (χ3v) is 2.22. The van der Waals surface area contributed by atoms with Gasteiger partial charge in [0.2, 0.25) is 0 Å². The predicted octanol–water partition coefficient (Wildman–Crippen LogP) is 1.70. The first-order valence-corrected chi connectivity index (χ1v) is 5.58. The topological polar surface area (TPSA) is 66.4 Å². The highest BCUT2D eigenvalue weighted by Crippen LogP contribution is 2.06. The zero-order valence-corrected chi connectivity index (χ0v) is 10.1. The third kappa shape index (κ3) is 4.68. The van der Waals surface area contributed by atoms with Crippen molar-refractivity contribution < 1.29 is 14.7 Å². The summed E-state index contributed by atoms with van der Waals surface area (Å²) < 4.78 is 0. The third-order valence-electron chi connectivity index (χ3n) is 2.22. The number of benzene rings is 1. The Kier molecular flexibility index (Phi) is 4.69. The van der Waals surface area contributed by atoms with Crippen LogP contribution in [0.5, 0.6) is 0 Å².